The molecule has 0 atom stereocenters. The van der Waals surface area contributed by atoms with E-state index in [1.807, 2.05) is 12.1 Å². The average molecular weight is 334 g/mol. The lowest BCUT2D eigenvalue weighted by Crippen LogP contribution is -2.21. The fourth-order valence-corrected chi connectivity index (χ4v) is 2.58. The molecule has 0 bridgehead atoms. The zero-order valence-electron chi connectivity index (χ0n) is 10.6. The number of fused-ring (bicyclic) bond motifs is 1. The first-order chi connectivity index (χ1) is 8.72. The maximum Gasteiger partial charge on any atom is 0.0584 e. The molecule has 108 valence electrons. The van der Waals surface area contributed by atoms with Gasteiger partial charge in [0.05, 0.1) is 6.54 Å². The smallest absolute Gasteiger partial charge is 0.0584 e. The van der Waals surface area contributed by atoms with Crippen molar-refractivity contribution in [3.8, 4) is 0 Å². The Kier molecular flexibility index (Phi) is 5.96. The number of hydrogen-bond donors (Lipinski definition) is 0. The van der Waals surface area contributed by atoms with Gasteiger partial charge < -0.3 is 14.9 Å². The molecule has 0 amide bonds. The van der Waals surface area contributed by atoms with E-state index in [1.54, 1.807) is 6.07 Å². The first kappa shape index (κ1) is 16.9. The highest BCUT2D eigenvalue weighted by Gasteiger charge is 2.11. The molecule has 1 aromatic carbocycles. The van der Waals surface area contributed by atoms with E-state index in [2.05, 4.69) is 40.2 Å². The van der Waals surface area contributed by atoms with Crippen molar-refractivity contribution in [2.24, 2.45) is 0 Å². The summed E-state index contributed by atoms with van der Waals surface area (Å²) in [5, 5.41) is 1.39. The highest BCUT2D eigenvalue weighted by molar-refractivity contribution is 6.35. The van der Waals surface area contributed by atoms with Crippen molar-refractivity contribution in [2.75, 3.05) is 0 Å². The monoisotopic (exact) mass is 332 g/mol. The van der Waals surface area contributed by atoms with E-state index in [1.165, 1.54) is 5.69 Å². The van der Waals surface area contributed by atoms with Crippen LogP contribution in [0, 0.1) is 0 Å². The molecule has 6 heteroatoms. The SMILES string of the molecule is Cl.Clc1ccc(CN2C=Cn3cccc3C2)c(Cl)c1.O. The second-order valence-electron chi connectivity index (χ2n) is 4.35. The summed E-state index contributed by atoms with van der Waals surface area (Å²) in [5.41, 5.74) is 2.37. The number of halogens is 3. The number of hydrogen-bond acceptors (Lipinski definition) is 1. The Morgan fingerprint density at radius 1 is 1.10 bits per heavy atom. The Morgan fingerprint density at radius 2 is 1.90 bits per heavy atom. The molecule has 0 unspecified atom stereocenters. The lowest BCUT2D eigenvalue weighted by molar-refractivity contribution is 0.348. The highest BCUT2D eigenvalue weighted by atomic mass is 35.5. The summed E-state index contributed by atoms with van der Waals surface area (Å²) in [7, 11) is 0. The topological polar surface area (TPSA) is 39.7 Å². The van der Waals surface area contributed by atoms with Gasteiger partial charge in [-0.2, -0.15) is 0 Å². The van der Waals surface area contributed by atoms with E-state index in [0.29, 0.717) is 5.02 Å². The second-order valence-corrected chi connectivity index (χ2v) is 5.19. The Labute approximate surface area is 134 Å². The molecule has 0 saturated heterocycles. The largest absolute Gasteiger partial charge is 0.412 e. The maximum atomic E-state index is 6.19. The van der Waals surface area contributed by atoms with Crippen LogP contribution in [0.1, 0.15) is 11.3 Å². The Balaban J connectivity index is 0.000001000. The molecule has 1 aliphatic rings. The van der Waals surface area contributed by atoms with Gasteiger partial charge in [0.1, 0.15) is 0 Å². The summed E-state index contributed by atoms with van der Waals surface area (Å²) in [4.78, 5) is 2.23. The summed E-state index contributed by atoms with van der Waals surface area (Å²) >= 11 is 12.1. The summed E-state index contributed by atoms with van der Waals surface area (Å²) in [5.74, 6) is 0. The van der Waals surface area contributed by atoms with Crippen molar-refractivity contribution in [1.82, 2.24) is 9.47 Å². The third kappa shape index (κ3) is 3.49. The molecule has 3 rings (SSSR count). The van der Waals surface area contributed by atoms with Crippen molar-refractivity contribution >= 4 is 41.8 Å². The van der Waals surface area contributed by atoms with Crippen LogP contribution in [-0.4, -0.2) is 14.9 Å². The fraction of sp³-hybridized carbons (Fsp3) is 0.143. The predicted molar refractivity (Wildman–Crippen MR) is 86.3 cm³/mol. The molecule has 20 heavy (non-hydrogen) atoms. The molecule has 2 heterocycles. The first-order valence-electron chi connectivity index (χ1n) is 5.74. The van der Waals surface area contributed by atoms with Gasteiger partial charge in [0.15, 0.2) is 0 Å². The van der Waals surface area contributed by atoms with Crippen LogP contribution in [0.15, 0.2) is 42.7 Å². The van der Waals surface area contributed by atoms with Gasteiger partial charge in [-0.3, -0.25) is 0 Å². The molecule has 0 aliphatic carbocycles. The van der Waals surface area contributed by atoms with Gasteiger partial charge in [-0.05, 0) is 29.8 Å². The van der Waals surface area contributed by atoms with Crippen LogP contribution in [0.3, 0.4) is 0 Å². The summed E-state index contributed by atoms with van der Waals surface area (Å²) in [6.07, 6.45) is 6.19. The molecular formula is C14H15Cl3N2O. The number of rotatable bonds is 2. The molecule has 1 aliphatic heterocycles. The number of nitrogens with zero attached hydrogens (tertiary/aromatic N) is 2. The minimum absolute atomic E-state index is 0. The molecule has 0 radical (unpaired) electrons. The van der Waals surface area contributed by atoms with E-state index in [9.17, 15) is 0 Å². The first-order valence-corrected chi connectivity index (χ1v) is 6.50. The lowest BCUT2D eigenvalue weighted by atomic mass is 10.2. The minimum atomic E-state index is 0. The average Bonchev–Trinajstić information content (AvgIpc) is 2.80. The standard InChI is InChI=1S/C14H12Cl2N2.ClH.H2O/c15-12-4-3-11(14(16)8-12)9-17-6-7-18-5-1-2-13(18)10-17;;/h1-8H,9-10H2;1H;1H2. The van der Waals surface area contributed by atoms with Gasteiger partial charge in [-0.15, -0.1) is 12.4 Å². The third-order valence-corrected chi connectivity index (χ3v) is 3.65. The number of aromatic nitrogens is 1. The van der Waals surface area contributed by atoms with Gasteiger partial charge in [0.2, 0.25) is 0 Å². The van der Waals surface area contributed by atoms with E-state index >= 15 is 0 Å². The second kappa shape index (κ2) is 7.04. The van der Waals surface area contributed by atoms with E-state index in [-0.39, 0.29) is 17.9 Å². The maximum absolute atomic E-state index is 6.19. The van der Waals surface area contributed by atoms with Crippen LogP contribution in [0.4, 0.5) is 0 Å². The molecule has 0 fully saturated rings. The predicted octanol–water partition coefficient (Wildman–Crippen LogP) is 3.84. The van der Waals surface area contributed by atoms with Crippen LogP contribution in [0.5, 0.6) is 0 Å². The lowest BCUT2D eigenvalue weighted by Gasteiger charge is -2.25. The highest BCUT2D eigenvalue weighted by Crippen LogP contribution is 2.24. The fourth-order valence-electron chi connectivity index (χ4n) is 2.11. The van der Waals surface area contributed by atoms with Crippen molar-refractivity contribution in [3.05, 3.63) is 64.0 Å². The van der Waals surface area contributed by atoms with E-state index in [4.69, 9.17) is 23.2 Å². The minimum Gasteiger partial charge on any atom is -0.412 e. The molecular weight excluding hydrogens is 319 g/mol. The third-order valence-electron chi connectivity index (χ3n) is 3.06. The molecule has 2 aromatic rings. The van der Waals surface area contributed by atoms with E-state index in [0.717, 1.165) is 23.7 Å². The van der Waals surface area contributed by atoms with Gasteiger partial charge in [-0.25, -0.2) is 0 Å². The van der Waals surface area contributed by atoms with Gasteiger partial charge in [0, 0.05) is 40.9 Å². The van der Waals surface area contributed by atoms with Crippen LogP contribution in [0.25, 0.3) is 6.20 Å². The van der Waals surface area contributed by atoms with Crippen LogP contribution >= 0.6 is 35.6 Å². The zero-order valence-corrected chi connectivity index (χ0v) is 12.9. The van der Waals surface area contributed by atoms with Gasteiger partial charge >= 0.3 is 0 Å². The van der Waals surface area contributed by atoms with Crippen molar-refractivity contribution in [2.45, 2.75) is 13.1 Å². The molecule has 0 saturated carbocycles. The molecule has 0 spiro atoms. The quantitative estimate of drug-likeness (QED) is 0.823. The summed E-state index contributed by atoms with van der Waals surface area (Å²) in [6.45, 7) is 1.68. The van der Waals surface area contributed by atoms with Crippen molar-refractivity contribution < 1.29 is 5.48 Å². The van der Waals surface area contributed by atoms with E-state index < -0.39 is 0 Å². The zero-order chi connectivity index (χ0) is 12.5. The Bertz CT molecular complexity index is 610. The Morgan fingerprint density at radius 3 is 2.65 bits per heavy atom. The molecule has 2 N–H and O–H groups in total. The van der Waals surface area contributed by atoms with Crippen LogP contribution in [0.2, 0.25) is 10.0 Å². The molecule has 1 aromatic heterocycles. The van der Waals surface area contributed by atoms with Gasteiger partial charge in [0.25, 0.3) is 0 Å². The summed E-state index contributed by atoms with van der Waals surface area (Å²) < 4.78 is 2.12. The summed E-state index contributed by atoms with van der Waals surface area (Å²) in [6, 6.07) is 9.82. The van der Waals surface area contributed by atoms with Gasteiger partial charge in [-0.1, -0.05) is 29.3 Å². The van der Waals surface area contributed by atoms with Crippen molar-refractivity contribution in [3.63, 3.8) is 0 Å². The number of benzene rings is 1. The Hall–Kier alpha value is -1.13. The molecule has 3 nitrogen and oxygen atoms in total. The van der Waals surface area contributed by atoms with Crippen LogP contribution < -0.4 is 0 Å². The van der Waals surface area contributed by atoms with Crippen molar-refractivity contribution in [1.29, 1.82) is 0 Å². The normalized spacial score (nSPS) is 12.4. The van der Waals surface area contributed by atoms with Crippen LogP contribution in [-0.2, 0) is 13.1 Å².